The molecular formula is C8H7Br2NO. The normalized spacial score (nSPS) is 9.92. The molecule has 0 spiro atoms. The Morgan fingerprint density at radius 1 is 1.42 bits per heavy atom. The number of ketones is 1. The van der Waals surface area contributed by atoms with Crippen LogP contribution in [0.3, 0.4) is 0 Å². The van der Waals surface area contributed by atoms with E-state index in [2.05, 4.69) is 31.9 Å². The summed E-state index contributed by atoms with van der Waals surface area (Å²) in [6.07, 6.45) is 0. The summed E-state index contributed by atoms with van der Waals surface area (Å²) in [7, 11) is 0. The first-order chi connectivity index (χ1) is 5.65. The van der Waals surface area contributed by atoms with Crippen molar-refractivity contribution in [2.24, 2.45) is 5.73 Å². The number of hydrogen-bond donors (Lipinski definition) is 1. The summed E-state index contributed by atoms with van der Waals surface area (Å²) in [5.41, 5.74) is 5.85. The van der Waals surface area contributed by atoms with Gasteiger partial charge in [0.05, 0.1) is 6.54 Å². The van der Waals surface area contributed by atoms with Gasteiger partial charge in [0.1, 0.15) is 0 Å². The van der Waals surface area contributed by atoms with Crippen LogP contribution in [0, 0.1) is 0 Å². The lowest BCUT2D eigenvalue weighted by Gasteiger charge is -2.01. The fourth-order valence-electron chi connectivity index (χ4n) is 0.821. The Morgan fingerprint density at radius 2 is 2.08 bits per heavy atom. The Morgan fingerprint density at radius 3 is 2.67 bits per heavy atom. The Balaban J connectivity index is 3.13. The Labute approximate surface area is 87.4 Å². The molecule has 4 heteroatoms. The molecule has 1 aromatic carbocycles. The zero-order chi connectivity index (χ0) is 9.14. The summed E-state index contributed by atoms with van der Waals surface area (Å²) in [6.45, 7) is 0.0368. The van der Waals surface area contributed by atoms with Crippen LogP contribution in [0.15, 0.2) is 27.1 Å². The van der Waals surface area contributed by atoms with Crippen molar-refractivity contribution in [3.8, 4) is 0 Å². The minimum absolute atomic E-state index is 0.0368. The number of benzene rings is 1. The predicted octanol–water partition coefficient (Wildman–Crippen LogP) is 2.35. The molecule has 0 aliphatic heterocycles. The first-order valence-electron chi connectivity index (χ1n) is 3.33. The minimum Gasteiger partial charge on any atom is -0.324 e. The van der Waals surface area contributed by atoms with Gasteiger partial charge in [-0.2, -0.15) is 0 Å². The zero-order valence-electron chi connectivity index (χ0n) is 6.18. The number of rotatable bonds is 2. The van der Waals surface area contributed by atoms with Crippen molar-refractivity contribution in [1.82, 2.24) is 0 Å². The van der Waals surface area contributed by atoms with E-state index in [4.69, 9.17) is 5.73 Å². The molecule has 0 saturated heterocycles. The van der Waals surface area contributed by atoms with Crippen molar-refractivity contribution in [2.45, 2.75) is 0 Å². The van der Waals surface area contributed by atoms with E-state index < -0.39 is 0 Å². The van der Waals surface area contributed by atoms with E-state index in [-0.39, 0.29) is 12.3 Å². The molecule has 0 atom stereocenters. The highest BCUT2D eigenvalue weighted by Crippen LogP contribution is 2.21. The number of Topliss-reactive ketones (excluding diaryl/α,β-unsaturated/α-hetero) is 1. The minimum atomic E-state index is -0.0665. The highest BCUT2D eigenvalue weighted by atomic mass is 79.9. The van der Waals surface area contributed by atoms with Crippen LogP contribution < -0.4 is 5.73 Å². The third-order valence-corrected chi connectivity index (χ3v) is 2.60. The Kier molecular flexibility index (Phi) is 3.43. The van der Waals surface area contributed by atoms with Crippen LogP contribution in [0.5, 0.6) is 0 Å². The van der Waals surface area contributed by atoms with Gasteiger partial charge in [0.25, 0.3) is 0 Å². The van der Waals surface area contributed by atoms with E-state index in [1.807, 2.05) is 12.1 Å². The maximum Gasteiger partial charge on any atom is 0.177 e. The first kappa shape index (κ1) is 9.89. The largest absolute Gasteiger partial charge is 0.324 e. The quantitative estimate of drug-likeness (QED) is 0.851. The zero-order valence-corrected chi connectivity index (χ0v) is 9.35. The van der Waals surface area contributed by atoms with E-state index >= 15 is 0 Å². The summed E-state index contributed by atoms with van der Waals surface area (Å²) >= 11 is 6.55. The van der Waals surface area contributed by atoms with Gasteiger partial charge in [0.2, 0.25) is 0 Å². The average molecular weight is 293 g/mol. The molecular weight excluding hydrogens is 286 g/mol. The van der Waals surface area contributed by atoms with Crippen LogP contribution in [0.2, 0.25) is 0 Å². The second-order valence-corrected chi connectivity index (χ2v) is 4.02. The fraction of sp³-hybridized carbons (Fsp3) is 0.125. The SMILES string of the molecule is NCC(=O)c1cc(Br)ccc1Br. The smallest absolute Gasteiger partial charge is 0.177 e. The lowest BCUT2D eigenvalue weighted by Crippen LogP contribution is -2.13. The van der Waals surface area contributed by atoms with E-state index in [1.54, 1.807) is 6.07 Å². The predicted molar refractivity (Wildman–Crippen MR) is 55.2 cm³/mol. The summed E-state index contributed by atoms with van der Waals surface area (Å²) in [5.74, 6) is -0.0665. The van der Waals surface area contributed by atoms with Crippen LogP contribution >= 0.6 is 31.9 Å². The fourth-order valence-corrected chi connectivity index (χ4v) is 1.65. The molecule has 0 bridgehead atoms. The molecule has 0 amide bonds. The second kappa shape index (κ2) is 4.16. The van der Waals surface area contributed by atoms with E-state index in [9.17, 15) is 4.79 Å². The topological polar surface area (TPSA) is 43.1 Å². The number of halogens is 2. The van der Waals surface area contributed by atoms with Crippen molar-refractivity contribution >= 4 is 37.6 Å². The van der Waals surface area contributed by atoms with Gasteiger partial charge in [-0.25, -0.2) is 0 Å². The van der Waals surface area contributed by atoms with Crippen molar-refractivity contribution in [3.63, 3.8) is 0 Å². The molecule has 1 rings (SSSR count). The van der Waals surface area contributed by atoms with E-state index in [1.165, 1.54) is 0 Å². The van der Waals surface area contributed by atoms with Crippen molar-refractivity contribution < 1.29 is 4.79 Å². The van der Waals surface area contributed by atoms with E-state index in [0.29, 0.717) is 5.56 Å². The molecule has 12 heavy (non-hydrogen) atoms. The summed E-state index contributed by atoms with van der Waals surface area (Å²) in [4.78, 5) is 11.2. The van der Waals surface area contributed by atoms with Gasteiger partial charge in [0, 0.05) is 14.5 Å². The summed E-state index contributed by atoms with van der Waals surface area (Å²) < 4.78 is 1.66. The molecule has 0 aliphatic rings. The highest BCUT2D eigenvalue weighted by Gasteiger charge is 2.07. The number of carbonyl (C=O) groups is 1. The van der Waals surface area contributed by atoms with Gasteiger partial charge in [0.15, 0.2) is 5.78 Å². The number of hydrogen-bond acceptors (Lipinski definition) is 2. The molecule has 0 saturated carbocycles. The van der Waals surface area contributed by atoms with Gasteiger partial charge < -0.3 is 5.73 Å². The van der Waals surface area contributed by atoms with Gasteiger partial charge in [-0.3, -0.25) is 4.79 Å². The molecule has 0 radical (unpaired) electrons. The summed E-state index contributed by atoms with van der Waals surface area (Å²) in [6, 6.07) is 5.42. The third-order valence-electron chi connectivity index (χ3n) is 1.41. The summed E-state index contributed by atoms with van der Waals surface area (Å²) in [5, 5.41) is 0. The number of nitrogens with two attached hydrogens (primary N) is 1. The molecule has 1 aromatic rings. The maximum absolute atomic E-state index is 11.2. The molecule has 0 unspecified atom stereocenters. The van der Waals surface area contributed by atoms with Gasteiger partial charge in [-0.1, -0.05) is 31.9 Å². The molecule has 2 nitrogen and oxygen atoms in total. The second-order valence-electron chi connectivity index (χ2n) is 2.25. The van der Waals surface area contributed by atoms with Gasteiger partial charge in [-0.05, 0) is 18.2 Å². The molecule has 0 aromatic heterocycles. The molecule has 0 aliphatic carbocycles. The molecule has 0 fully saturated rings. The Bertz CT molecular complexity index is 312. The van der Waals surface area contributed by atoms with Crippen LogP contribution in [-0.2, 0) is 0 Å². The average Bonchev–Trinajstić information content (AvgIpc) is 2.08. The lowest BCUT2D eigenvalue weighted by atomic mass is 10.1. The highest BCUT2D eigenvalue weighted by molar-refractivity contribution is 9.11. The number of carbonyl (C=O) groups excluding carboxylic acids is 1. The van der Waals surface area contributed by atoms with Crippen LogP contribution in [0.25, 0.3) is 0 Å². The van der Waals surface area contributed by atoms with Gasteiger partial charge in [-0.15, -0.1) is 0 Å². The maximum atomic E-state index is 11.2. The monoisotopic (exact) mass is 291 g/mol. The molecule has 0 heterocycles. The van der Waals surface area contributed by atoms with E-state index in [0.717, 1.165) is 8.95 Å². The van der Waals surface area contributed by atoms with Crippen molar-refractivity contribution in [2.75, 3.05) is 6.54 Å². The standard InChI is InChI=1S/C8H7Br2NO/c9-5-1-2-7(10)6(3-5)8(12)4-11/h1-3H,4,11H2. The first-order valence-corrected chi connectivity index (χ1v) is 4.92. The molecule has 64 valence electrons. The lowest BCUT2D eigenvalue weighted by molar-refractivity contribution is 0.100. The van der Waals surface area contributed by atoms with Crippen molar-refractivity contribution in [3.05, 3.63) is 32.7 Å². The van der Waals surface area contributed by atoms with Gasteiger partial charge >= 0.3 is 0 Å². The Hall–Kier alpha value is -0.190. The van der Waals surface area contributed by atoms with Crippen LogP contribution in [-0.4, -0.2) is 12.3 Å². The van der Waals surface area contributed by atoms with Crippen LogP contribution in [0.1, 0.15) is 10.4 Å². The molecule has 2 N–H and O–H groups in total. The van der Waals surface area contributed by atoms with Crippen LogP contribution in [0.4, 0.5) is 0 Å². The third kappa shape index (κ3) is 2.15. The van der Waals surface area contributed by atoms with Crippen molar-refractivity contribution in [1.29, 1.82) is 0 Å².